The van der Waals surface area contributed by atoms with Crippen molar-refractivity contribution in [3.63, 3.8) is 0 Å². The van der Waals surface area contributed by atoms with Gasteiger partial charge in [0.2, 0.25) is 0 Å². The van der Waals surface area contributed by atoms with Crippen LogP contribution in [0.15, 0.2) is 24.3 Å². The highest BCUT2D eigenvalue weighted by Gasteiger charge is 2.30. The molecule has 0 spiro atoms. The maximum absolute atomic E-state index is 12.5. The lowest BCUT2D eigenvalue weighted by Gasteiger charge is -2.33. The van der Waals surface area contributed by atoms with Crippen LogP contribution in [0.3, 0.4) is 0 Å². The van der Waals surface area contributed by atoms with Gasteiger partial charge in [0.25, 0.3) is 0 Å². The predicted octanol–water partition coefficient (Wildman–Crippen LogP) is 4.12. The van der Waals surface area contributed by atoms with Crippen LogP contribution in [-0.4, -0.2) is 42.1 Å². The molecule has 1 aromatic carbocycles. The zero-order valence-electron chi connectivity index (χ0n) is 14.6. The van der Waals surface area contributed by atoms with E-state index in [4.69, 9.17) is 4.74 Å². The SMILES string of the molecule is CC(C)(C)OC(=O)N1CCC(C(=O)c2ccc(OC(F)F)cc2)CC1. The molecule has 138 valence electrons. The quantitative estimate of drug-likeness (QED) is 0.763. The number of hydrogen-bond donors (Lipinski definition) is 0. The summed E-state index contributed by atoms with van der Waals surface area (Å²) in [4.78, 5) is 26.2. The van der Waals surface area contributed by atoms with Crippen LogP contribution in [0.2, 0.25) is 0 Å². The average molecular weight is 355 g/mol. The molecular formula is C18H23F2NO4. The minimum atomic E-state index is -2.89. The number of hydrogen-bond acceptors (Lipinski definition) is 4. The number of likely N-dealkylation sites (tertiary alicyclic amines) is 1. The van der Waals surface area contributed by atoms with Crippen LogP contribution in [0, 0.1) is 5.92 Å². The van der Waals surface area contributed by atoms with Crippen LogP contribution in [0.4, 0.5) is 13.6 Å². The molecule has 1 aromatic rings. The second-order valence-electron chi connectivity index (χ2n) is 7.01. The molecule has 2 rings (SSSR count). The standard InChI is InChI=1S/C18H23F2NO4/c1-18(2,3)25-17(23)21-10-8-13(9-11-21)15(22)12-4-6-14(7-5-12)24-16(19)20/h4-7,13,16H,8-11H2,1-3H3. The van der Waals surface area contributed by atoms with E-state index in [2.05, 4.69) is 4.74 Å². The van der Waals surface area contributed by atoms with Crippen LogP contribution >= 0.6 is 0 Å². The molecule has 1 aliphatic rings. The van der Waals surface area contributed by atoms with Crippen molar-refractivity contribution >= 4 is 11.9 Å². The Balaban J connectivity index is 1.89. The maximum Gasteiger partial charge on any atom is 0.410 e. The first-order valence-electron chi connectivity index (χ1n) is 8.23. The number of nitrogens with zero attached hydrogens (tertiary/aromatic N) is 1. The fraction of sp³-hybridized carbons (Fsp3) is 0.556. The molecule has 7 heteroatoms. The van der Waals surface area contributed by atoms with E-state index in [-0.39, 0.29) is 23.5 Å². The molecule has 1 aliphatic heterocycles. The number of carbonyl (C=O) groups excluding carboxylic acids is 2. The molecule has 25 heavy (non-hydrogen) atoms. The van der Waals surface area contributed by atoms with Crippen molar-refractivity contribution < 1.29 is 27.8 Å². The molecule has 0 unspecified atom stereocenters. The van der Waals surface area contributed by atoms with Crippen molar-refractivity contribution in [1.82, 2.24) is 4.90 Å². The third-order valence-corrected chi connectivity index (χ3v) is 3.88. The van der Waals surface area contributed by atoms with Gasteiger partial charge in [-0.3, -0.25) is 4.79 Å². The van der Waals surface area contributed by atoms with Crippen LogP contribution in [0.1, 0.15) is 44.0 Å². The summed E-state index contributed by atoms with van der Waals surface area (Å²) >= 11 is 0. The zero-order chi connectivity index (χ0) is 18.6. The minimum absolute atomic E-state index is 0.0197. The number of ketones is 1. The van der Waals surface area contributed by atoms with Crippen LogP contribution in [0.5, 0.6) is 5.75 Å². The van der Waals surface area contributed by atoms with Gasteiger partial charge in [0.15, 0.2) is 5.78 Å². The van der Waals surface area contributed by atoms with E-state index in [9.17, 15) is 18.4 Å². The molecule has 0 saturated carbocycles. The summed E-state index contributed by atoms with van der Waals surface area (Å²) in [5.74, 6) is -0.223. The topological polar surface area (TPSA) is 55.8 Å². The van der Waals surface area contributed by atoms with Crippen molar-refractivity contribution in [2.45, 2.75) is 45.8 Å². The Bertz CT molecular complexity index is 602. The summed E-state index contributed by atoms with van der Waals surface area (Å²) in [6, 6.07) is 5.69. The highest BCUT2D eigenvalue weighted by atomic mass is 19.3. The van der Waals surface area contributed by atoms with Gasteiger partial charge in [-0.25, -0.2) is 4.79 Å². The second-order valence-corrected chi connectivity index (χ2v) is 7.01. The van der Waals surface area contributed by atoms with Crippen LogP contribution < -0.4 is 4.74 Å². The Morgan fingerprint density at radius 2 is 1.68 bits per heavy atom. The van der Waals surface area contributed by atoms with E-state index in [1.807, 2.05) is 20.8 Å². The van der Waals surface area contributed by atoms with Crippen molar-refractivity contribution in [2.24, 2.45) is 5.92 Å². The predicted molar refractivity (Wildman–Crippen MR) is 87.9 cm³/mol. The number of rotatable bonds is 4. The first kappa shape index (κ1) is 19.1. The summed E-state index contributed by atoms with van der Waals surface area (Å²) in [6.45, 7) is 3.45. The van der Waals surface area contributed by atoms with Gasteiger partial charge in [0.1, 0.15) is 11.4 Å². The number of halogens is 2. The highest BCUT2D eigenvalue weighted by Crippen LogP contribution is 2.24. The van der Waals surface area contributed by atoms with E-state index in [0.29, 0.717) is 31.5 Å². The number of benzene rings is 1. The van der Waals surface area contributed by atoms with Gasteiger partial charge in [0.05, 0.1) is 0 Å². The van der Waals surface area contributed by atoms with Gasteiger partial charge >= 0.3 is 12.7 Å². The van der Waals surface area contributed by atoms with Crippen molar-refractivity contribution in [2.75, 3.05) is 13.1 Å². The van der Waals surface area contributed by atoms with Gasteiger partial charge in [-0.1, -0.05) is 0 Å². The molecule has 1 amide bonds. The second kappa shape index (κ2) is 7.80. The number of Topliss-reactive ketones (excluding diaryl/α,β-unsaturated/α-hetero) is 1. The fourth-order valence-corrected chi connectivity index (χ4v) is 2.69. The maximum atomic E-state index is 12.5. The number of amides is 1. The number of ether oxygens (including phenoxy) is 2. The Hall–Kier alpha value is -2.18. The third kappa shape index (κ3) is 5.69. The lowest BCUT2D eigenvalue weighted by Crippen LogP contribution is -2.43. The van der Waals surface area contributed by atoms with E-state index in [1.54, 1.807) is 4.90 Å². The summed E-state index contributed by atoms with van der Waals surface area (Å²) in [7, 11) is 0. The monoisotopic (exact) mass is 355 g/mol. The van der Waals surface area contributed by atoms with Gasteiger partial charge in [0, 0.05) is 24.6 Å². The van der Waals surface area contributed by atoms with Gasteiger partial charge in [-0.2, -0.15) is 8.78 Å². The Kier molecular flexibility index (Phi) is 5.98. The fourth-order valence-electron chi connectivity index (χ4n) is 2.69. The highest BCUT2D eigenvalue weighted by molar-refractivity contribution is 5.98. The molecule has 0 radical (unpaired) electrons. The Morgan fingerprint density at radius 3 is 2.16 bits per heavy atom. The van der Waals surface area contributed by atoms with E-state index < -0.39 is 12.2 Å². The van der Waals surface area contributed by atoms with Crippen molar-refractivity contribution in [3.05, 3.63) is 29.8 Å². The third-order valence-electron chi connectivity index (χ3n) is 3.88. The van der Waals surface area contributed by atoms with Gasteiger partial charge in [-0.15, -0.1) is 0 Å². The van der Waals surface area contributed by atoms with Crippen molar-refractivity contribution in [1.29, 1.82) is 0 Å². The normalized spacial score (nSPS) is 16.0. The summed E-state index contributed by atoms with van der Waals surface area (Å²) in [5.41, 5.74) is -0.0939. The Labute approximate surface area is 145 Å². The number of piperidine rings is 1. The largest absolute Gasteiger partial charge is 0.444 e. The molecule has 0 bridgehead atoms. The number of alkyl halides is 2. The number of carbonyl (C=O) groups is 2. The smallest absolute Gasteiger partial charge is 0.410 e. The molecule has 1 heterocycles. The van der Waals surface area contributed by atoms with E-state index >= 15 is 0 Å². The van der Waals surface area contributed by atoms with Gasteiger partial charge < -0.3 is 14.4 Å². The van der Waals surface area contributed by atoms with Gasteiger partial charge in [-0.05, 0) is 57.9 Å². The minimum Gasteiger partial charge on any atom is -0.444 e. The lowest BCUT2D eigenvalue weighted by molar-refractivity contribution is -0.0498. The molecular weight excluding hydrogens is 332 g/mol. The average Bonchev–Trinajstić information content (AvgIpc) is 2.53. The first-order chi connectivity index (χ1) is 11.7. The van der Waals surface area contributed by atoms with Crippen LogP contribution in [0.25, 0.3) is 0 Å². The van der Waals surface area contributed by atoms with E-state index in [1.165, 1.54) is 24.3 Å². The summed E-state index contributed by atoms with van der Waals surface area (Å²) in [6.07, 6.45) is 0.729. The molecule has 0 aromatic heterocycles. The Morgan fingerprint density at radius 1 is 1.12 bits per heavy atom. The lowest BCUT2D eigenvalue weighted by atomic mass is 9.89. The molecule has 1 fully saturated rings. The summed E-state index contributed by atoms with van der Waals surface area (Å²) in [5, 5.41) is 0. The van der Waals surface area contributed by atoms with Crippen LogP contribution in [-0.2, 0) is 4.74 Å². The molecule has 0 atom stereocenters. The first-order valence-corrected chi connectivity index (χ1v) is 8.23. The zero-order valence-corrected chi connectivity index (χ0v) is 14.6. The van der Waals surface area contributed by atoms with Crippen molar-refractivity contribution in [3.8, 4) is 5.75 Å². The van der Waals surface area contributed by atoms with E-state index in [0.717, 1.165) is 0 Å². The molecule has 0 aliphatic carbocycles. The molecule has 0 N–H and O–H groups in total. The molecule has 5 nitrogen and oxygen atoms in total. The molecule has 1 saturated heterocycles. The summed E-state index contributed by atoms with van der Waals surface area (Å²) < 4.78 is 33.9.